The molecule has 0 bridgehead atoms. The third kappa shape index (κ3) is 4.17. The van der Waals surface area contributed by atoms with Crippen LogP contribution in [-0.4, -0.2) is 24.8 Å². The predicted molar refractivity (Wildman–Crippen MR) is 96.7 cm³/mol. The first-order valence-electron chi connectivity index (χ1n) is 8.22. The van der Waals surface area contributed by atoms with E-state index in [0.717, 1.165) is 24.3 Å². The minimum Gasteiger partial charge on any atom is -0.245 e. The van der Waals surface area contributed by atoms with Gasteiger partial charge in [-0.05, 0) is 36.4 Å². The van der Waals surface area contributed by atoms with E-state index in [1.807, 2.05) is 0 Å². The second kappa shape index (κ2) is 7.51. The molecular weight excluding hydrogens is 490 g/mol. The number of benzene rings is 2. The van der Waals surface area contributed by atoms with Crippen molar-refractivity contribution in [1.29, 1.82) is 0 Å². The third-order valence-electron chi connectivity index (χ3n) is 4.15. The number of imidazole rings is 1. The topological polar surface area (TPSA) is 95.2 Å². The van der Waals surface area contributed by atoms with Gasteiger partial charge in [0.2, 0.25) is 0 Å². The smallest absolute Gasteiger partial charge is 0.245 e. The average Bonchev–Trinajstić information content (AvgIpc) is 3.10. The van der Waals surface area contributed by atoms with Crippen molar-refractivity contribution >= 4 is 20.0 Å². The summed E-state index contributed by atoms with van der Waals surface area (Å²) in [6.07, 6.45) is -8.86. The molecule has 0 spiro atoms. The zero-order chi connectivity index (χ0) is 24.1. The Balaban J connectivity index is 2.12. The molecule has 172 valence electrons. The number of halogens is 6. The van der Waals surface area contributed by atoms with E-state index in [2.05, 4.69) is 0 Å². The molecule has 7 nitrogen and oxygen atoms in total. The first kappa shape index (κ1) is 23.6. The fourth-order valence-corrected chi connectivity index (χ4v) is 5.18. The van der Waals surface area contributed by atoms with Gasteiger partial charge in [-0.2, -0.15) is 34.3 Å². The molecule has 0 amide bonds. The minimum absolute atomic E-state index is 0.131. The van der Waals surface area contributed by atoms with Crippen LogP contribution in [0.3, 0.4) is 0 Å². The highest BCUT2D eigenvalue weighted by atomic mass is 32.2. The Bertz CT molecular complexity index is 1340. The predicted octanol–water partition coefficient (Wildman–Crippen LogP) is 3.16. The van der Waals surface area contributed by atoms with Gasteiger partial charge in [-0.1, -0.05) is 12.1 Å². The quantitative estimate of drug-likeness (QED) is 0.513. The van der Waals surface area contributed by atoms with Gasteiger partial charge in [0, 0.05) is 12.4 Å². The zero-order valence-electron chi connectivity index (χ0n) is 15.3. The molecule has 0 atom stereocenters. The van der Waals surface area contributed by atoms with E-state index in [9.17, 15) is 48.0 Å². The number of aromatic nitrogens is 2. The van der Waals surface area contributed by atoms with Crippen LogP contribution in [0, 0.1) is 0 Å². The first-order valence-corrected chi connectivity index (χ1v) is 11.1. The van der Waals surface area contributed by atoms with E-state index in [-0.39, 0.29) is 20.1 Å². The van der Waals surface area contributed by atoms with Crippen molar-refractivity contribution in [2.45, 2.75) is 22.1 Å². The van der Waals surface area contributed by atoms with Crippen molar-refractivity contribution in [3.8, 4) is 0 Å². The molecule has 0 saturated heterocycles. The van der Waals surface area contributed by atoms with Gasteiger partial charge in [0.15, 0.2) is 0 Å². The summed E-state index contributed by atoms with van der Waals surface area (Å²) in [7, 11) is -9.93. The van der Waals surface area contributed by atoms with E-state index in [4.69, 9.17) is 0 Å². The summed E-state index contributed by atoms with van der Waals surface area (Å²) < 4.78 is 128. The molecule has 3 aromatic rings. The van der Waals surface area contributed by atoms with Crippen LogP contribution < -0.4 is 5.69 Å². The zero-order valence-corrected chi connectivity index (χ0v) is 16.9. The number of nitrogens with zero attached hydrogens (tertiary/aromatic N) is 2. The first-order chi connectivity index (χ1) is 14.6. The van der Waals surface area contributed by atoms with E-state index in [1.54, 1.807) is 0 Å². The highest BCUT2D eigenvalue weighted by Crippen LogP contribution is 2.32. The van der Waals surface area contributed by atoms with Crippen LogP contribution in [0.15, 0.2) is 75.5 Å². The van der Waals surface area contributed by atoms with E-state index >= 15 is 0 Å². The van der Waals surface area contributed by atoms with Gasteiger partial charge in [-0.15, -0.1) is 0 Å². The van der Waals surface area contributed by atoms with Crippen LogP contribution in [0.5, 0.6) is 0 Å². The van der Waals surface area contributed by atoms with Crippen LogP contribution in [0.1, 0.15) is 11.1 Å². The largest absolute Gasteiger partial charge is 0.416 e. The Labute approximate surface area is 176 Å². The van der Waals surface area contributed by atoms with Crippen LogP contribution in [0.4, 0.5) is 26.3 Å². The molecule has 1 aromatic heterocycles. The molecule has 0 aliphatic carbocycles. The van der Waals surface area contributed by atoms with Gasteiger partial charge in [0.05, 0.1) is 20.9 Å². The van der Waals surface area contributed by atoms with Crippen LogP contribution in [0.25, 0.3) is 0 Å². The second-order valence-electron chi connectivity index (χ2n) is 6.23. The van der Waals surface area contributed by atoms with Gasteiger partial charge in [0.1, 0.15) is 0 Å². The van der Waals surface area contributed by atoms with Gasteiger partial charge in [0.25, 0.3) is 20.0 Å². The van der Waals surface area contributed by atoms with Gasteiger partial charge >= 0.3 is 18.0 Å². The minimum atomic E-state index is -4.97. The van der Waals surface area contributed by atoms with Crippen LogP contribution in [-0.2, 0) is 32.4 Å². The van der Waals surface area contributed by atoms with Gasteiger partial charge in [-0.3, -0.25) is 0 Å². The summed E-state index contributed by atoms with van der Waals surface area (Å²) in [4.78, 5) is 10.6. The van der Waals surface area contributed by atoms with Crippen molar-refractivity contribution < 1.29 is 43.2 Å². The Morgan fingerprint density at radius 2 is 0.969 bits per heavy atom. The standard InChI is InChI=1S/C17H10F6N2O5S2/c18-16(19,20)11-3-1-5-13(9-11)31(27,28)24-7-8-25(15(24)26)32(29,30)14-6-2-4-12(10-14)17(21,22)23/h1-10H. The second-order valence-corrected chi connectivity index (χ2v) is 9.86. The van der Waals surface area contributed by atoms with E-state index in [0.29, 0.717) is 24.5 Å². The fraction of sp³-hybridized carbons (Fsp3) is 0.118. The SMILES string of the molecule is O=c1n(S(=O)(=O)c2cccc(C(F)(F)F)c2)ccn1S(=O)(=O)c1cccc(C(F)(F)F)c1. The van der Waals surface area contributed by atoms with Gasteiger partial charge in [-0.25, -0.2) is 21.6 Å². The number of hydrogen-bond donors (Lipinski definition) is 0. The highest BCUT2D eigenvalue weighted by molar-refractivity contribution is 7.90. The maximum absolute atomic E-state index is 12.9. The monoisotopic (exact) mass is 500 g/mol. The molecule has 2 aromatic carbocycles. The molecule has 1 heterocycles. The molecule has 32 heavy (non-hydrogen) atoms. The Morgan fingerprint density at radius 3 is 1.28 bits per heavy atom. The normalized spacial score (nSPS) is 13.3. The summed E-state index contributed by atoms with van der Waals surface area (Å²) in [5.74, 6) is 0. The highest BCUT2D eigenvalue weighted by Gasteiger charge is 2.34. The lowest BCUT2D eigenvalue weighted by atomic mass is 10.2. The number of rotatable bonds is 4. The maximum Gasteiger partial charge on any atom is 0.416 e. The Morgan fingerprint density at radius 1 is 0.625 bits per heavy atom. The molecule has 0 unspecified atom stereocenters. The molecule has 3 rings (SSSR count). The molecule has 0 fully saturated rings. The summed E-state index contributed by atoms with van der Waals surface area (Å²) >= 11 is 0. The van der Waals surface area contributed by atoms with E-state index in [1.165, 1.54) is 0 Å². The van der Waals surface area contributed by atoms with Crippen molar-refractivity contribution in [3.05, 3.63) is 82.5 Å². The van der Waals surface area contributed by atoms with Crippen molar-refractivity contribution in [3.63, 3.8) is 0 Å². The lowest BCUT2D eigenvalue weighted by molar-refractivity contribution is -0.138. The van der Waals surface area contributed by atoms with Crippen LogP contribution in [0.2, 0.25) is 0 Å². The summed E-state index contributed by atoms with van der Waals surface area (Å²) in [6.45, 7) is 0. The Hall–Kier alpha value is -3.07. The molecule has 0 radical (unpaired) electrons. The summed E-state index contributed by atoms with van der Waals surface area (Å²) in [6, 6.07) is 4.75. The maximum atomic E-state index is 12.9. The molecule has 0 aliphatic rings. The summed E-state index contributed by atoms with van der Waals surface area (Å²) in [5, 5.41) is 0. The summed E-state index contributed by atoms with van der Waals surface area (Å²) in [5.41, 5.74) is -4.40. The number of alkyl halides is 6. The average molecular weight is 500 g/mol. The molecular formula is C17H10F6N2O5S2. The molecule has 0 saturated carbocycles. The van der Waals surface area contributed by atoms with Gasteiger partial charge < -0.3 is 0 Å². The molecule has 15 heteroatoms. The third-order valence-corrected chi connectivity index (χ3v) is 7.44. The molecule has 0 N–H and O–H groups in total. The van der Waals surface area contributed by atoms with Crippen molar-refractivity contribution in [1.82, 2.24) is 7.94 Å². The molecule has 0 aliphatic heterocycles. The van der Waals surface area contributed by atoms with E-state index < -0.39 is 59.0 Å². The van der Waals surface area contributed by atoms with Crippen molar-refractivity contribution in [2.75, 3.05) is 0 Å². The lowest BCUT2D eigenvalue weighted by Gasteiger charge is -2.10. The number of hydrogen-bond acceptors (Lipinski definition) is 5. The fourth-order valence-electron chi connectivity index (χ4n) is 2.60. The van der Waals surface area contributed by atoms with Crippen LogP contribution >= 0.6 is 0 Å². The van der Waals surface area contributed by atoms with Crippen molar-refractivity contribution in [2.24, 2.45) is 0 Å². The lowest BCUT2D eigenvalue weighted by Crippen LogP contribution is -2.32. The Kier molecular flexibility index (Phi) is 5.54.